The van der Waals surface area contributed by atoms with E-state index in [2.05, 4.69) is 5.32 Å². The maximum atomic E-state index is 12.4. The standard InChI is InChI=1S/C27H23NO5/c1-18(20-5-3-2-4-6-20)33-27(31)28-25-17-32-16-24(25)23-13-11-22(12-14-23)21-9-7-19(8-10-21)15-26(29)30/h2-14,16-18H,15H2,1H3,(H,28,31)(H,29,30). The summed E-state index contributed by atoms with van der Waals surface area (Å²) >= 11 is 0. The maximum absolute atomic E-state index is 12.4. The monoisotopic (exact) mass is 441 g/mol. The second-order valence-corrected chi connectivity index (χ2v) is 7.63. The van der Waals surface area contributed by atoms with Crippen LogP contribution in [0.5, 0.6) is 0 Å². The Bertz CT molecular complexity index is 1230. The highest BCUT2D eigenvalue weighted by molar-refractivity contribution is 5.91. The molecule has 6 nitrogen and oxygen atoms in total. The number of ether oxygens (including phenoxy) is 1. The molecular formula is C27H23NO5. The SMILES string of the molecule is CC(OC(=O)Nc1cocc1-c1ccc(-c2ccc(CC(=O)O)cc2)cc1)c1ccccc1. The van der Waals surface area contributed by atoms with Gasteiger partial charge in [-0.15, -0.1) is 0 Å². The molecular weight excluding hydrogens is 418 g/mol. The van der Waals surface area contributed by atoms with Crippen molar-refractivity contribution in [2.75, 3.05) is 5.32 Å². The molecule has 0 aliphatic rings. The summed E-state index contributed by atoms with van der Waals surface area (Å²) < 4.78 is 10.8. The number of carboxylic acid groups (broad SMARTS) is 1. The van der Waals surface area contributed by atoms with Crippen molar-refractivity contribution in [3.63, 3.8) is 0 Å². The van der Waals surface area contributed by atoms with Gasteiger partial charge in [0.15, 0.2) is 0 Å². The molecule has 1 atom stereocenters. The Labute approximate surface area is 191 Å². The van der Waals surface area contributed by atoms with Crippen LogP contribution in [0, 0.1) is 0 Å². The predicted octanol–water partition coefficient (Wildman–Crippen LogP) is 6.55. The van der Waals surface area contributed by atoms with Crippen LogP contribution >= 0.6 is 0 Å². The first-order chi connectivity index (χ1) is 16.0. The second kappa shape index (κ2) is 9.87. The van der Waals surface area contributed by atoms with Crippen molar-refractivity contribution < 1.29 is 23.8 Å². The Balaban J connectivity index is 1.44. The fraction of sp³-hybridized carbons (Fsp3) is 0.111. The highest BCUT2D eigenvalue weighted by atomic mass is 16.6. The van der Waals surface area contributed by atoms with Gasteiger partial charge in [-0.05, 0) is 34.7 Å². The summed E-state index contributed by atoms with van der Waals surface area (Å²) in [5.41, 5.74) is 5.78. The molecule has 1 unspecified atom stereocenters. The third-order valence-electron chi connectivity index (χ3n) is 5.29. The quantitative estimate of drug-likeness (QED) is 0.339. The predicted molar refractivity (Wildman–Crippen MR) is 126 cm³/mol. The third kappa shape index (κ3) is 5.49. The largest absolute Gasteiger partial charge is 0.481 e. The molecule has 6 heteroatoms. The van der Waals surface area contributed by atoms with Gasteiger partial charge in [-0.2, -0.15) is 0 Å². The van der Waals surface area contributed by atoms with Gasteiger partial charge in [0.05, 0.1) is 12.1 Å². The van der Waals surface area contributed by atoms with Gasteiger partial charge in [0, 0.05) is 5.56 Å². The van der Waals surface area contributed by atoms with Gasteiger partial charge >= 0.3 is 12.1 Å². The van der Waals surface area contributed by atoms with E-state index in [4.69, 9.17) is 14.3 Å². The maximum Gasteiger partial charge on any atom is 0.412 e. The first-order valence-electron chi connectivity index (χ1n) is 10.5. The number of hydrogen-bond acceptors (Lipinski definition) is 4. The van der Waals surface area contributed by atoms with Gasteiger partial charge in [0.1, 0.15) is 18.6 Å². The molecule has 0 fully saturated rings. The van der Waals surface area contributed by atoms with E-state index in [0.29, 0.717) is 5.69 Å². The molecule has 0 radical (unpaired) electrons. The van der Waals surface area contributed by atoms with Crippen molar-refractivity contribution in [2.24, 2.45) is 0 Å². The molecule has 1 heterocycles. The molecule has 3 aromatic carbocycles. The summed E-state index contributed by atoms with van der Waals surface area (Å²) in [6, 6.07) is 24.8. The van der Waals surface area contributed by atoms with Crippen molar-refractivity contribution in [3.8, 4) is 22.3 Å². The van der Waals surface area contributed by atoms with E-state index in [1.54, 1.807) is 6.26 Å². The lowest BCUT2D eigenvalue weighted by atomic mass is 10.00. The number of carbonyl (C=O) groups is 2. The normalized spacial score (nSPS) is 11.5. The number of aliphatic carboxylic acids is 1. The lowest BCUT2D eigenvalue weighted by Gasteiger charge is -2.14. The number of hydrogen-bond donors (Lipinski definition) is 2. The molecule has 33 heavy (non-hydrogen) atoms. The van der Waals surface area contributed by atoms with Crippen molar-refractivity contribution in [3.05, 3.63) is 103 Å². The average Bonchev–Trinajstić information content (AvgIpc) is 3.28. The summed E-state index contributed by atoms with van der Waals surface area (Å²) in [5, 5.41) is 11.7. The second-order valence-electron chi connectivity index (χ2n) is 7.63. The van der Waals surface area contributed by atoms with Crippen LogP contribution in [0.4, 0.5) is 10.5 Å². The zero-order valence-corrected chi connectivity index (χ0v) is 18.0. The smallest absolute Gasteiger partial charge is 0.412 e. The lowest BCUT2D eigenvalue weighted by Crippen LogP contribution is -2.16. The van der Waals surface area contributed by atoms with Crippen molar-refractivity contribution in [2.45, 2.75) is 19.4 Å². The molecule has 4 rings (SSSR count). The summed E-state index contributed by atoms with van der Waals surface area (Å²) in [7, 11) is 0. The number of anilines is 1. The highest BCUT2D eigenvalue weighted by Crippen LogP contribution is 2.31. The van der Waals surface area contributed by atoms with Crippen LogP contribution in [0.25, 0.3) is 22.3 Å². The average molecular weight is 441 g/mol. The van der Waals surface area contributed by atoms with Crippen LogP contribution in [-0.4, -0.2) is 17.2 Å². The van der Waals surface area contributed by atoms with Crippen LogP contribution in [-0.2, 0) is 16.0 Å². The Morgan fingerprint density at radius 2 is 1.48 bits per heavy atom. The van der Waals surface area contributed by atoms with E-state index in [0.717, 1.165) is 33.4 Å². The molecule has 0 saturated heterocycles. The fourth-order valence-electron chi connectivity index (χ4n) is 3.54. The van der Waals surface area contributed by atoms with E-state index < -0.39 is 12.1 Å². The van der Waals surface area contributed by atoms with Gasteiger partial charge in [0.2, 0.25) is 0 Å². The number of furan rings is 1. The first-order valence-corrected chi connectivity index (χ1v) is 10.5. The summed E-state index contributed by atoms with van der Waals surface area (Å²) in [6.07, 6.45) is 2.10. The van der Waals surface area contributed by atoms with Crippen LogP contribution in [0.1, 0.15) is 24.2 Å². The Hall–Kier alpha value is -4.32. The molecule has 0 spiro atoms. The van der Waals surface area contributed by atoms with Gasteiger partial charge in [-0.3, -0.25) is 10.1 Å². The molecule has 1 amide bonds. The minimum absolute atomic E-state index is 0.00203. The third-order valence-corrected chi connectivity index (χ3v) is 5.29. The molecule has 0 aliphatic carbocycles. The van der Waals surface area contributed by atoms with Crippen molar-refractivity contribution in [1.82, 2.24) is 0 Å². The minimum atomic E-state index is -0.852. The van der Waals surface area contributed by atoms with E-state index in [9.17, 15) is 9.59 Å². The summed E-state index contributed by atoms with van der Waals surface area (Å²) in [5.74, 6) is -0.852. The molecule has 0 aliphatic heterocycles. The molecule has 0 saturated carbocycles. The van der Waals surface area contributed by atoms with Gasteiger partial charge in [0.25, 0.3) is 0 Å². The molecule has 4 aromatic rings. The number of nitrogens with one attached hydrogen (secondary N) is 1. The fourth-order valence-corrected chi connectivity index (χ4v) is 3.54. The van der Waals surface area contributed by atoms with Crippen LogP contribution < -0.4 is 5.32 Å². The molecule has 0 bridgehead atoms. The summed E-state index contributed by atoms with van der Waals surface area (Å²) in [4.78, 5) is 23.2. The van der Waals surface area contributed by atoms with E-state index in [1.807, 2.05) is 85.8 Å². The number of benzene rings is 3. The topological polar surface area (TPSA) is 88.8 Å². The number of carbonyl (C=O) groups excluding carboxylic acids is 1. The zero-order valence-electron chi connectivity index (χ0n) is 18.0. The van der Waals surface area contributed by atoms with Crippen molar-refractivity contribution >= 4 is 17.7 Å². The molecule has 1 aromatic heterocycles. The lowest BCUT2D eigenvalue weighted by molar-refractivity contribution is -0.136. The van der Waals surface area contributed by atoms with Crippen LogP contribution in [0.3, 0.4) is 0 Å². The van der Waals surface area contributed by atoms with E-state index >= 15 is 0 Å². The minimum Gasteiger partial charge on any atom is -0.481 e. The zero-order chi connectivity index (χ0) is 23.2. The van der Waals surface area contributed by atoms with Gasteiger partial charge in [-0.25, -0.2) is 4.79 Å². The van der Waals surface area contributed by atoms with Crippen molar-refractivity contribution in [1.29, 1.82) is 0 Å². The number of amides is 1. The Morgan fingerprint density at radius 1 is 0.879 bits per heavy atom. The Morgan fingerprint density at radius 3 is 2.12 bits per heavy atom. The molecule has 166 valence electrons. The van der Waals surface area contributed by atoms with Crippen LogP contribution in [0.15, 0.2) is 95.8 Å². The Kier molecular flexibility index (Phi) is 6.55. The van der Waals surface area contributed by atoms with Gasteiger partial charge in [-0.1, -0.05) is 78.9 Å². The number of rotatable bonds is 7. The summed E-state index contributed by atoms with van der Waals surface area (Å²) in [6.45, 7) is 1.82. The highest BCUT2D eigenvalue weighted by Gasteiger charge is 2.15. The van der Waals surface area contributed by atoms with Crippen LogP contribution in [0.2, 0.25) is 0 Å². The number of carboxylic acids is 1. The first kappa shape index (κ1) is 21.9. The van der Waals surface area contributed by atoms with E-state index in [1.165, 1.54) is 6.26 Å². The van der Waals surface area contributed by atoms with Gasteiger partial charge < -0.3 is 14.3 Å². The van der Waals surface area contributed by atoms with E-state index in [-0.39, 0.29) is 12.5 Å². The molecule has 2 N–H and O–H groups in total.